The van der Waals surface area contributed by atoms with Gasteiger partial charge < -0.3 is 0 Å². The molecule has 0 nitrogen and oxygen atoms in total. The van der Waals surface area contributed by atoms with Crippen molar-refractivity contribution in [3.8, 4) is 0 Å². The van der Waals surface area contributed by atoms with Gasteiger partial charge in [-0.05, 0) is 63.2 Å². The zero-order chi connectivity index (χ0) is 19.8. The topological polar surface area (TPSA) is 0 Å². The lowest BCUT2D eigenvalue weighted by Gasteiger charge is -2.19. The summed E-state index contributed by atoms with van der Waals surface area (Å²) in [6.45, 7) is 0. The van der Waals surface area contributed by atoms with Gasteiger partial charge in [-0.2, -0.15) is 0 Å². The lowest BCUT2D eigenvalue weighted by Crippen LogP contribution is -2.01. The molecular formula is C27H18Cl2. The third-order valence-corrected chi connectivity index (χ3v) is 6.02. The van der Waals surface area contributed by atoms with Gasteiger partial charge in [0.2, 0.25) is 0 Å². The predicted molar refractivity (Wildman–Crippen MR) is 124 cm³/mol. The minimum absolute atomic E-state index is 0.166. The van der Waals surface area contributed by atoms with E-state index < -0.39 is 0 Å². The molecule has 0 amide bonds. The summed E-state index contributed by atoms with van der Waals surface area (Å²) in [7, 11) is 0. The molecule has 29 heavy (non-hydrogen) atoms. The van der Waals surface area contributed by atoms with Crippen LogP contribution in [0.5, 0.6) is 0 Å². The van der Waals surface area contributed by atoms with Gasteiger partial charge in [0, 0.05) is 16.0 Å². The minimum atomic E-state index is 0.166. The third-order valence-electron chi connectivity index (χ3n) is 5.52. The second-order valence-corrected chi connectivity index (χ2v) is 8.11. The zero-order valence-corrected chi connectivity index (χ0v) is 17.2. The molecule has 2 heteroatoms. The molecule has 0 aliphatic heterocycles. The highest BCUT2D eigenvalue weighted by Gasteiger charge is 2.33. The largest absolute Gasteiger partial charge is 0.0843 e. The van der Waals surface area contributed by atoms with Crippen LogP contribution in [0.2, 0.25) is 10.0 Å². The van der Waals surface area contributed by atoms with Crippen LogP contribution < -0.4 is 0 Å². The van der Waals surface area contributed by atoms with Crippen molar-refractivity contribution in [1.82, 2.24) is 0 Å². The summed E-state index contributed by atoms with van der Waals surface area (Å²) >= 11 is 12.4. The van der Waals surface area contributed by atoms with Crippen LogP contribution in [0.15, 0.2) is 103 Å². The Morgan fingerprint density at radius 2 is 1.07 bits per heavy atom. The summed E-state index contributed by atoms with van der Waals surface area (Å²) in [6, 6.07) is 35.7. The number of hydrogen-bond acceptors (Lipinski definition) is 0. The molecule has 0 spiro atoms. The maximum absolute atomic E-state index is 6.20. The van der Waals surface area contributed by atoms with Crippen molar-refractivity contribution in [3.05, 3.63) is 141 Å². The van der Waals surface area contributed by atoms with Crippen molar-refractivity contribution < 1.29 is 0 Å². The highest BCUT2D eigenvalue weighted by Crippen LogP contribution is 2.52. The fourth-order valence-corrected chi connectivity index (χ4v) is 4.53. The maximum atomic E-state index is 6.20. The first-order valence-corrected chi connectivity index (χ1v) is 10.4. The van der Waals surface area contributed by atoms with Gasteiger partial charge >= 0.3 is 0 Å². The van der Waals surface area contributed by atoms with E-state index in [4.69, 9.17) is 23.2 Å². The van der Waals surface area contributed by atoms with Crippen LogP contribution in [-0.2, 0) is 0 Å². The zero-order valence-electron chi connectivity index (χ0n) is 15.6. The first kappa shape index (κ1) is 18.2. The average molecular weight is 413 g/mol. The van der Waals surface area contributed by atoms with E-state index in [9.17, 15) is 0 Å². The summed E-state index contributed by atoms with van der Waals surface area (Å²) in [5.41, 5.74) is 8.80. The molecule has 0 saturated carbocycles. The maximum Gasteiger partial charge on any atom is 0.0406 e. The first-order valence-electron chi connectivity index (χ1n) is 9.62. The van der Waals surface area contributed by atoms with Crippen molar-refractivity contribution in [3.63, 3.8) is 0 Å². The SMILES string of the molecule is Clc1ccc(C2=C(c3ccc(Cl)cc3)C(c3ccccc3)c3ccccc32)cc1. The van der Waals surface area contributed by atoms with Gasteiger partial charge in [-0.15, -0.1) is 0 Å². The Balaban J connectivity index is 1.84. The van der Waals surface area contributed by atoms with E-state index in [1.54, 1.807) is 0 Å². The molecule has 0 N–H and O–H groups in total. The molecule has 0 aromatic heterocycles. The van der Waals surface area contributed by atoms with Crippen LogP contribution in [0.1, 0.15) is 33.7 Å². The summed E-state index contributed by atoms with van der Waals surface area (Å²) in [5, 5.41) is 1.49. The van der Waals surface area contributed by atoms with E-state index in [1.165, 1.54) is 39.0 Å². The normalized spacial score (nSPS) is 15.4. The number of fused-ring (bicyclic) bond motifs is 1. The monoisotopic (exact) mass is 412 g/mol. The Bertz CT molecular complexity index is 1190. The summed E-state index contributed by atoms with van der Waals surface area (Å²) in [4.78, 5) is 0. The number of hydrogen-bond donors (Lipinski definition) is 0. The molecular weight excluding hydrogens is 395 g/mol. The second-order valence-electron chi connectivity index (χ2n) is 7.23. The molecule has 5 rings (SSSR count). The fourth-order valence-electron chi connectivity index (χ4n) is 4.28. The van der Waals surface area contributed by atoms with Gasteiger partial charge in [-0.1, -0.05) is 102 Å². The molecule has 4 aromatic rings. The smallest absolute Gasteiger partial charge is 0.0406 e. The predicted octanol–water partition coefficient (Wildman–Crippen LogP) is 8.10. The second kappa shape index (κ2) is 7.55. The molecule has 1 atom stereocenters. The highest BCUT2D eigenvalue weighted by atomic mass is 35.5. The van der Waals surface area contributed by atoms with Gasteiger partial charge in [-0.3, -0.25) is 0 Å². The number of halogens is 2. The van der Waals surface area contributed by atoms with Gasteiger partial charge in [0.25, 0.3) is 0 Å². The highest BCUT2D eigenvalue weighted by molar-refractivity contribution is 6.31. The third kappa shape index (κ3) is 3.29. The van der Waals surface area contributed by atoms with E-state index in [1.807, 2.05) is 24.3 Å². The Kier molecular flexibility index (Phi) is 4.75. The molecule has 0 bridgehead atoms. The van der Waals surface area contributed by atoms with E-state index in [-0.39, 0.29) is 5.92 Å². The van der Waals surface area contributed by atoms with Gasteiger partial charge in [0.1, 0.15) is 0 Å². The van der Waals surface area contributed by atoms with Crippen LogP contribution in [0.4, 0.5) is 0 Å². The Labute approximate surface area is 181 Å². The number of allylic oxidation sites excluding steroid dienone is 1. The van der Waals surface area contributed by atoms with E-state index in [2.05, 4.69) is 78.9 Å². The van der Waals surface area contributed by atoms with Crippen molar-refractivity contribution >= 4 is 34.3 Å². The number of rotatable bonds is 3. The van der Waals surface area contributed by atoms with Crippen LogP contribution >= 0.6 is 23.2 Å². The molecule has 1 aliphatic rings. The van der Waals surface area contributed by atoms with Crippen molar-refractivity contribution in [2.75, 3.05) is 0 Å². The quantitative estimate of drug-likeness (QED) is 0.318. The molecule has 0 radical (unpaired) electrons. The van der Waals surface area contributed by atoms with Crippen molar-refractivity contribution in [1.29, 1.82) is 0 Å². The molecule has 140 valence electrons. The fraction of sp³-hybridized carbons (Fsp3) is 0.0370. The number of benzene rings is 4. The Morgan fingerprint density at radius 1 is 0.517 bits per heavy atom. The molecule has 4 aromatic carbocycles. The van der Waals surface area contributed by atoms with Crippen molar-refractivity contribution in [2.45, 2.75) is 5.92 Å². The first-order chi connectivity index (χ1) is 14.2. The van der Waals surface area contributed by atoms with Crippen LogP contribution in [0.25, 0.3) is 11.1 Å². The van der Waals surface area contributed by atoms with Crippen LogP contribution in [0, 0.1) is 0 Å². The van der Waals surface area contributed by atoms with E-state index >= 15 is 0 Å². The molecule has 0 fully saturated rings. The van der Waals surface area contributed by atoms with E-state index in [0.717, 1.165) is 10.0 Å². The van der Waals surface area contributed by atoms with Crippen molar-refractivity contribution in [2.24, 2.45) is 0 Å². The lowest BCUT2D eigenvalue weighted by molar-refractivity contribution is 1.07. The van der Waals surface area contributed by atoms with Gasteiger partial charge in [0.15, 0.2) is 0 Å². The summed E-state index contributed by atoms with van der Waals surface area (Å²) in [6.07, 6.45) is 0. The molecule has 1 unspecified atom stereocenters. The van der Waals surface area contributed by atoms with Crippen LogP contribution in [0.3, 0.4) is 0 Å². The Morgan fingerprint density at radius 3 is 1.72 bits per heavy atom. The Hall–Kier alpha value is -2.80. The summed E-state index contributed by atoms with van der Waals surface area (Å²) < 4.78 is 0. The minimum Gasteiger partial charge on any atom is -0.0843 e. The van der Waals surface area contributed by atoms with Gasteiger partial charge in [0.05, 0.1) is 0 Å². The van der Waals surface area contributed by atoms with Gasteiger partial charge in [-0.25, -0.2) is 0 Å². The van der Waals surface area contributed by atoms with Crippen LogP contribution in [-0.4, -0.2) is 0 Å². The lowest BCUT2D eigenvalue weighted by atomic mass is 9.84. The average Bonchev–Trinajstić information content (AvgIpc) is 3.11. The molecule has 0 heterocycles. The molecule has 0 saturated heterocycles. The summed E-state index contributed by atoms with van der Waals surface area (Å²) in [5.74, 6) is 0.166. The molecule has 1 aliphatic carbocycles. The standard InChI is InChI=1S/C27H18Cl2/c28-21-14-10-19(11-15-21)26-24-9-5-4-8-23(24)25(18-6-2-1-3-7-18)27(26)20-12-16-22(29)17-13-20/h1-17,25H. The van der Waals surface area contributed by atoms with E-state index in [0.29, 0.717) is 0 Å².